The smallest absolute Gasteiger partial charge is 0.416 e. The minimum Gasteiger partial charge on any atom is -0.472 e. The van der Waals surface area contributed by atoms with Gasteiger partial charge in [0.05, 0.1) is 5.56 Å². The van der Waals surface area contributed by atoms with Gasteiger partial charge in [0.1, 0.15) is 22.9 Å². The fourth-order valence-electron chi connectivity index (χ4n) is 2.42. The summed E-state index contributed by atoms with van der Waals surface area (Å²) in [7, 11) is 0. The van der Waals surface area contributed by atoms with Crippen molar-refractivity contribution < 1.29 is 27.5 Å². The molecule has 0 saturated heterocycles. The molecule has 0 saturated carbocycles. The summed E-state index contributed by atoms with van der Waals surface area (Å²) in [5, 5.41) is 2.49. The number of rotatable bonds is 6. The first kappa shape index (κ1) is 21.0. The summed E-state index contributed by atoms with van der Waals surface area (Å²) in [5.41, 5.74) is 10.4. The molecule has 1 aromatic carbocycles. The van der Waals surface area contributed by atoms with E-state index in [1.165, 1.54) is 24.4 Å². The molecule has 0 aliphatic carbocycles. The lowest BCUT2D eigenvalue weighted by atomic mass is 10.2. The van der Waals surface area contributed by atoms with Crippen LogP contribution in [0.3, 0.4) is 0 Å². The van der Waals surface area contributed by atoms with Crippen LogP contribution in [0, 0.1) is 0 Å². The van der Waals surface area contributed by atoms with Gasteiger partial charge in [-0.15, -0.1) is 0 Å². The van der Waals surface area contributed by atoms with Crippen LogP contribution >= 0.6 is 11.5 Å². The molecule has 2 heterocycles. The number of hydrogen-bond donors (Lipinski definition) is 3. The molecule has 0 aliphatic rings. The molecule has 30 heavy (non-hydrogen) atoms. The molecule has 3 rings (SSSR count). The summed E-state index contributed by atoms with van der Waals surface area (Å²) in [6.45, 7) is -0.0736. The SMILES string of the molecule is NC(=O)c1c(OCc2ccnc(C(=O)Nc3cccc(C(F)(F)F)c3)c2)nsc1N. The number of nitrogens with zero attached hydrogens (tertiary/aromatic N) is 2. The fourth-order valence-corrected chi connectivity index (χ4v) is 3.03. The average molecular weight is 437 g/mol. The van der Waals surface area contributed by atoms with Crippen molar-refractivity contribution in [2.24, 2.45) is 5.73 Å². The molecule has 0 unspecified atom stereocenters. The number of nitrogen functional groups attached to an aromatic ring is 1. The van der Waals surface area contributed by atoms with Gasteiger partial charge in [0.15, 0.2) is 0 Å². The Morgan fingerprint density at radius 3 is 2.67 bits per heavy atom. The Kier molecular flexibility index (Phi) is 5.87. The lowest BCUT2D eigenvalue weighted by Crippen LogP contribution is -2.15. The number of nitrogens with two attached hydrogens (primary N) is 2. The summed E-state index contributed by atoms with van der Waals surface area (Å²) in [6.07, 6.45) is -3.19. The highest BCUT2D eigenvalue weighted by atomic mass is 32.1. The van der Waals surface area contributed by atoms with Crippen molar-refractivity contribution in [3.05, 3.63) is 65.0 Å². The third-order valence-electron chi connectivity index (χ3n) is 3.81. The van der Waals surface area contributed by atoms with Crippen LogP contribution < -0.4 is 21.5 Å². The van der Waals surface area contributed by atoms with E-state index in [4.69, 9.17) is 16.2 Å². The normalized spacial score (nSPS) is 11.2. The molecule has 5 N–H and O–H groups in total. The summed E-state index contributed by atoms with van der Waals surface area (Å²) in [6, 6.07) is 7.19. The zero-order chi connectivity index (χ0) is 21.9. The fraction of sp³-hybridized carbons (Fsp3) is 0.111. The van der Waals surface area contributed by atoms with E-state index < -0.39 is 23.6 Å². The number of primary amides is 1. The van der Waals surface area contributed by atoms with Crippen LogP contribution in [0.1, 0.15) is 32.0 Å². The summed E-state index contributed by atoms with van der Waals surface area (Å²) < 4.78 is 47.8. The summed E-state index contributed by atoms with van der Waals surface area (Å²) in [4.78, 5) is 27.7. The van der Waals surface area contributed by atoms with Gasteiger partial charge in [-0.2, -0.15) is 17.5 Å². The third-order valence-corrected chi connectivity index (χ3v) is 4.47. The van der Waals surface area contributed by atoms with E-state index in [9.17, 15) is 22.8 Å². The second-order valence-electron chi connectivity index (χ2n) is 5.96. The number of aromatic nitrogens is 2. The van der Waals surface area contributed by atoms with Crippen LogP contribution in [0.2, 0.25) is 0 Å². The number of nitrogens with one attached hydrogen (secondary N) is 1. The Bertz CT molecular complexity index is 1100. The molecular weight excluding hydrogens is 423 g/mol. The Balaban J connectivity index is 1.71. The van der Waals surface area contributed by atoms with E-state index in [2.05, 4.69) is 14.7 Å². The van der Waals surface area contributed by atoms with Gasteiger partial charge in [-0.3, -0.25) is 14.6 Å². The van der Waals surface area contributed by atoms with Crippen molar-refractivity contribution in [3.8, 4) is 5.88 Å². The van der Waals surface area contributed by atoms with Gasteiger partial charge in [-0.25, -0.2) is 0 Å². The second-order valence-corrected chi connectivity index (χ2v) is 6.77. The zero-order valence-electron chi connectivity index (χ0n) is 15.1. The number of halogens is 3. The van der Waals surface area contributed by atoms with Crippen molar-refractivity contribution in [1.82, 2.24) is 9.36 Å². The molecule has 8 nitrogen and oxygen atoms in total. The minimum absolute atomic E-state index is 0.0256. The number of carbonyl (C=O) groups is 2. The monoisotopic (exact) mass is 437 g/mol. The molecule has 3 aromatic rings. The van der Waals surface area contributed by atoms with Gasteiger partial charge >= 0.3 is 6.18 Å². The molecule has 0 aliphatic heterocycles. The van der Waals surface area contributed by atoms with Crippen molar-refractivity contribution in [1.29, 1.82) is 0 Å². The molecule has 0 radical (unpaired) electrons. The number of carbonyl (C=O) groups excluding carboxylic acids is 2. The van der Waals surface area contributed by atoms with Gasteiger partial charge in [0, 0.05) is 11.9 Å². The molecule has 2 aromatic heterocycles. The number of hydrogen-bond acceptors (Lipinski definition) is 7. The third kappa shape index (κ3) is 4.84. The zero-order valence-corrected chi connectivity index (χ0v) is 15.9. The number of benzene rings is 1. The molecule has 2 amide bonds. The van der Waals surface area contributed by atoms with Crippen LogP contribution in [-0.2, 0) is 12.8 Å². The van der Waals surface area contributed by atoms with Crippen LogP contribution in [0.4, 0.5) is 23.9 Å². The number of alkyl halides is 3. The van der Waals surface area contributed by atoms with Gasteiger partial charge < -0.3 is 21.5 Å². The van der Waals surface area contributed by atoms with E-state index in [-0.39, 0.29) is 34.4 Å². The van der Waals surface area contributed by atoms with Crippen LogP contribution in [0.5, 0.6) is 5.88 Å². The van der Waals surface area contributed by atoms with Crippen molar-refractivity contribution in [3.63, 3.8) is 0 Å². The van der Waals surface area contributed by atoms with Crippen LogP contribution in [0.15, 0.2) is 42.6 Å². The number of ether oxygens (including phenoxy) is 1. The van der Waals surface area contributed by atoms with E-state index in [1.807, 2.05) is 0 Å². The maximum absolute atomic E-state index is 12.8. The average Bonchev–Trinajstić information content (AvgIpc) is 3.07. The first-order chi connectivity index (χ1) is 14.1. The molecule has 156 valence electrons. The Morgan fingerprint density at radius 2 is 1.97 bits per heavy atom. The highest BCUT2D eigenvalue weighted by molar-refractivity contribution is 7.10. The van der Waals surface area contributed by atoms with Crippen molar-refractivity contribution >= 4 is 34.0 Å². The van der Waals surface area contributed by atoms with Crippen LogP contribution in [0.25, 0.3) is 0 Å². The topological polar surface area (TPSA) is 133 Å². The van der Waals surface area contributed by atoms with Gasteiger partial charge in [-0.1, -0.05) is 6.07 Å². The maximum Gasteiger partial charge on any atom is 0.416 e. The van der Waals surface area contributed by atoms with Crippen molar-refractivity contribution in [2.75, 3.05) is 11.1 Å². The van der Waals surface area contributed by atoms with Crippen LogP contribution in [-0.4, -0.2) is 21.2 Å². The molecule has 0 atom stereocenters. The molecular formula is C18H14F3N5O3S. The number of anilines is 2. The molecule has 0 bridgehead atoms. The minimum atomic E-state index is -4.53. The maximum atomic E-state index is 12.8. The standard InChI is InChI=1S/C18H14F3N5O3S/c19-18(20,21)10-2-1-3-11(7-10)25-16(28)12-6-9(4-5-24-12)8-29-17-13(14(22)27)15(23)30-26-17/h1-7H,8,23H2,(H2,22,27)(H,25,28). The second kappa shape index (κ2) is 8.37. The first-order valence-corrected chi connectivity index (χ1v) is 9.04. The molecule has 12 heteroatoms. The highest BCUT2D eigenvalue weighted by Gasteiger charge is 2.30. The first-order valence-electron chi connectivity index (χ1n) is 8.26. The summed E-state index contributed by atoms with van der Waals surface area (Å²) in [5.74, 6) is -1.52. The van der Waals surface area contributed by atoms with E-state index >= 15 is 0 Å². The Labute approximate surface area is 171 Å². The summed E-state index contributed by atoms with van der Waals surface area (Å²) >= 11 is 0.852. The van der Waals surface area contributed by atoms with Gasteiger partial charge in [0.2, 0.25) is 5.88 Å². The predicted molar refractivity (Wildman–Crippen MR) is 103 cm³/mol. The van der Waals surface area contributed by atoms with E-state index in [1.54, 1.807) is 6.07 Å². The number of amides is 2. The quantitative estimate of drug-likeness (QED) is 0.543. The predicted octanol–water partition coefficient (Wildman–Crippen LogP) is 3.07. The van der Waals surface area contributed by atoms with Crippen molar-refractivity contribution in [2.45, 2.75) is 12.8 Å². The molecule has 0 fully saturated rings. The van der Waals surface area contributed by atoms with E-state index in [0.717, 1.165) is 23.7 Å². The van der Waals surface area contributed by atoms with Gasteiger partial charge in [-0.05, 0) is 47.4 Å². The lowest BCUT2D eigenvalue weighted by Gasteiger charge is -2.10. The Hall–Kier alpha value is -3.67. The van der Waals surface area contributed by atoms with E-state index in [0.29, 0.717) is 5.56 Å². The van der Waals surface area contributed by atoms with Gasteiger partial charge in [0.25, 0.3) is 11.8 Å². The number of pyridine rings is 1. The largest absolute Gasteiger partial charge is 0.472 e. The molecule has 0 spiro atoms. The Morgan fingerprint density at radius 1 is 1.20 bits per heavy atom. The lowest BCUT2D eigenvalue weighted by molar-refractivity contribution is -0.137. The highest BCUT2D eigenvalue weighted by Crippen LogP contribution is 2.31.